The molecule has 3 nitrogen and oxygen atoms in total. The smallest absolute Gasteiger partial charge is 0.399 e. The lowest BCUT2D eigenvalue weighted by atomic mass is 9.73. The average molecular weight is 274 g/mol. The van der Waals surface area contributed by atoms with Crippen LogP contribution in [0.5, 0.6) is 0 Å². The van der Waals surface area contributed by atoms with Gasteiger partial charge in [0.1, 0.15) is 0 Å². The highest BCUT2D eigenvalue weighted by Crippen LogP contribution is 2.46. The molecule has 1 N–H and O–H groups in total. The lowest BCUT2D eigenvalue weighted by molar-refractivity contribution is 0.00578. The molecule has 1 aliphatic heterocycles. The van der Waals surface area contributed by atoms with Crippen molar-refractivity contribution < 1.29 is 14.4 Å². The normalized spacial score (nSPS) is 25.8. The molecule has 1 saturated heterocycles. The molecule has 1 saturated carbocycles. The highest BCUT2D eigenvalue weighted by Gasteiger charge is 2.54. The van der Waals surface area contributed by atoms with Crippen molar-refractivity contribution in [2.45, 2.75) is 64.3 Å². The quantitative estimate of drug-likeness (QED) is 0.841. The van der Waals surface area contributed by atoms with E-state index in [1.165, 1.54) is 0 Å². The van der Waals surface area contributed by atoms with Gasteiger partial charge in [-0.3, -0.25) is 0 Å². The highest BCUT2D eigenvalue weighted by molar-refractivity contribution is 6.62. The van der Waals surface area contributed by atoms with Crippen LogP contribution in [0.1, 0.15) is 51.7 Å². The Morgan fingerprint density at radius 3 is 2.10 bits per heavy atom. The SMILES string of the molecule is Cc1cccc(B2OC(C)(C)C(C)(C)O2)c1C1(O)CC1. The van der Waals surface area contributed by atoms with Gasteiger partial charge >= 0.3 is 7.12 Å². The topological polar surface area (TPSA) is 38.7 Å². The Morgan fingerprint density at radius 2 is 1.60 bits per heavy atom. The van der Waals surface area contributed by atoms with E-state index in [1.807, 2.05) is 52.8 Å². The molecule has 1 aromatic carbocycles. The Bertz CT molecular complexity index is 531. The van der Waals surface area contributed by atoms with Crippen LogP contribution in [-0.2, 0) is 14.9 Å². The number of hydrogen-bond donors (Lipinski definition) is 1. The molecule has 0 spiro atoms. The first-order valence-electron chi connectivity index (χ1n) is 7.34. The summed E-state index contributed by atoms with van der Waals surface area (Å²) >= 11 is 0. The minimum Gasteiger partial charge on any atom is -0.399 e. The van der Waals surface area contributed by atoms with Crippen LogP contribution in [0.15, 0.2) is 18.2 Å². The van der Waals surface area contributed by atoms with Gasteiger partial charge in [-0.1, -0.05) is 18.2 Å². The van der Waals surface area contributed by atoms with Crippen molar-refractivity contribution in [1.29, 1.82) is 0 Å². The molecular formula is C16H23BO3. The van der Waals surface area contributed by atoms with Crippen LogP contribution in [0.25, 0.3) is 0 Å². The molecule has 0 amide bonds. The van der Waals surface area contributed by atoms with Gasteiger partial charge in [0, 0.05) is 0 Å². The molecular weight excluding hydrogens is 251 g/mol. The first-order valence-corrected chi connectivity index (χ1v) is 7.34. The largest absolute Gasteiger partial charge is 0.495 e. The molecule has 0 bridgehead atoms. The van der Waals surface area contributed by atoms with E-state index in [-0.39, 0.29) is 11.2 Å². The third kappa shape index (κ3) is 2.02. The summed E-state index contributed by atoms with van der Waals surface area (Å²) in [6, 6.07) is 6.06. The number of aliphatic hydroxyl groups is 1. The third-order valence-electron chi connectivity index (χ3n) is 5.00. The van der Waals surface area contributed by atoms with Gasteiger partial charge in [0.15, 0.2) is 0 Å². The van der Waals surface area contributed by atoms with Crippen LogP contribution in [0.2, 0.25) is 0 Å². The average Bonchev–Trinajstić information content (AvgIpc) is 3.00. The van der Waals surface area contributed by atoms with E-state index >= 15 is 0 Å². The molecule has 2 aliphatic rings. The summed E-state index contributed by atoms with van der Waals surface area (Å²) < 4.78 is 12.3. The molecule has 4 heteroatoms. The van der Waals surface area contributed by atoms with Gasteiger partial charge in [-0.15, -0.1) is 0 Å². The second kappa shape index (κ2) is 4.09. The van der Waals surface area contributed by atoms with Crippen molar-refractivity contribution in [2.24, 2.45) is 0 Å². The van der Waals surface area contributed by atoms with Gasteiger partial charge in [0.2, 0.25) is 0 Å². The van der Waals surface area contributed by atoms with Crippen molar-refractivity contribution in [2.75, 3.05) is 0 Å². The predicted molar refractivity (Wildman–Crippen MR) is 80.0 cm³/mol. The van der Waals surface area contributed by atoms with Crippen molar-refractivity contribution in [3.8, 4) is 0 Å². The fourth-order valence-electron chi connectivity index (χ4n) is 2.86. The molecule has 1 heterocycles. The van der Waals surface area contributed by atoms with Crippen LogP contribution in [0, 0.1) is 6.92 Å². The Morgan fingerprint density at radius 1 is 1.05 bits per heavy atom. The molecule has 1 aromatic rings. The Labute approximate surface area is 121 Å². The van der Waals surface area contributed by atoms with E-state index in [9.17, 15) is 5.11 Å². The summed E-state index contributed by atoms with van der Waals surface area (Å²) in [5.74, 6) is 0. The van der Waals surface area contributed by atoms with Gasteiger partial charge in [0.05, 0.1) is 16.8 Å². The maximum atomic E-state index is 10.6. The summed E-state index contributed by atoms with van der Waals surface area (Å²) in [6.45, 7) is 10.2. The Balaban J connectivity index is 2.03. The van der Waals surface area contributed by atoms with Gasteiger partial charge in [-0.25, -0.2) is 0 Å². The Hall–Kier alpha value is -0.835. The van der Waals surface area contributed by atoms with E-state index in [1.54, 1.807) is 0 Å². The van der Waals surface area contributed by atoms with Crippen LogP contribution in [0.3, 0.4) is 0 Å². The van der Waals surface area contributed by atoms with E-state index in [2.05, 4.69) is 0 Å². The molecule has 0 unspecified atom stereocenters. The first-order chi connectivity index (χ1) is 9.16. The highest BCUT2D eigenvalue weighted by atomic mass is 16.7. The van der Waals surface area contributed by atoms with Crippen LogP contribution in [-0.4, -0.2) is 23.4 Å². The molecule has 0 radical (unpaired) electrons. The second-order valence-electron chi connectivity index (χ2n) is 7.16. The fourth-order valence-corrected chi connectivity index (χ4v) is 2.86. The number of benzene rings is 1. The first kappa shape index (κ1) is 14.1. The second-order valence-corrected chi connectivity index (χ2v) is 7.16. The molecule has 1 aliphatic carbocycles. The molecule has 108 valence electrons. The molecule has 0 atom stereocenters. The van der Waals surface area contributed by atoms with Gasteiger partial charge < -0.3 is 14.4 Å². The fraction of sp³-hybridized carbons (Fsp3) is 0.625. The van der Waals surface area contributed by atoms with Crippen LogP contribution < -0.4 is 5.46 Å². The molecule has 0 aromatic heterocycles. The minimum atomic E-state index is -0.676. The summed E-state index contributed by atoms with van der Waals surface area (Å²) in [5.41, 5.74) is 1.69. The monoisotopic (exact) mass is 274 g/mol. The zero-order valence-electron chi connectivity index (χ0n) is 13.0. The van der Waals surface area contributed by atoms with Gasteiger partial charge in [-0.05, 0) is 64.1 Å². The van der Waals surface area contributed by atoms with E-state index in [0.717, 1.165) is 29.4 Å². The molecule has 3 rings (SSSR count). The zero-order chi connectivity index (χ0) is 14.8. The molecule has 20 heavy (non-hydrogen) atoms. The van der Waals surface area contributed by atoms with Gasteiger partial charge in [0.25, 0.3) is 0 Å². The summed E-state index contributed by atoms with van der Waals surface area (Å²) in [5, 5.41) is 10.6. The van der Waals surface area contributed by atoms with Crippen molar-refractivity contribution in [1.82, 2.24) is 0 Å². The number of hydrogen-bond acceptors (Lipinski definition) is 3. The third-order valence-corrected chi connectivity index (χ3v) is 5.00. The number of aryl methyl sites for hydroxylation is 1. The van der Waals surface area contributed by atoms with Crippen molar-refractivity contribution >= 4 is 12.6 Å². The lowest BCUT2D eigenvalue weighted by Crippen LogP contribution is -2.41. The number of rotatable bonds is 2. The van der Waals surface area contributed by atoms with Crippen molar-refractivity contribution in [3.63, 3.8) is 0 Å². The minimum absolute atomic E-state index is 0.356. The summed E-state index contributed by atoms with van der Waals surface area (Å²) in [7, 11) is -0.403. The summed E-state index contributed by atoms with van der Waals surface area (Å²) in [6.07, 6.45) is 1.65. The zero-order valence-corrected chi connectivity index (χ0v) is 13.0. The van der Waals surface area contributed by atoms with E-state index in [4.69, 9.17) is 9.31 Å². The summed E-state index contributed by atoms with van der Waals surface area (Å²) in [4.78, 5) is 0. The standard InChI is InChI=1S/C16H23BO3/c1-11-7-6-8-12(13(11)16(18)9-10-16)17-19-14(2,3)15(4,5)20-17/h6-8,18H,9-10H2,1-5H3. The Kier molecular flexibility index (Phi) is 2.89. The maximum absolute atomic E-state index is 10.6. The molecule has 2 fully saturated rings. The van der Waals surface area contributed by atoms with E-state index in [0.29, 0.717) is 0 Å². The predicted octanol–water partition coefficient (Wildman–Crippen LogP) is 2.28. The van der Waals surface area contributed by atoms with Crippen molar-refractivity contribution in [3.05, 3.63) is 29.3 Å². The maximum Gasteiger partial charge on any atom is 0.495 e. The van der Waals surface area contributed by atoms with E-state index < -0.39 is 12.7 Å². The lowest BCUT2D eigenvalue weighted by Gasteiger charge is -2.32. The van der Waals surface area contributed by atoms with Crippen LogP contribution >= 0.6 is 0 Å². The van der Waals surface area contributed by atoms with Crippen LogP contribution in [0.4, 0.5) is 0 Å². The van der Waals surface area contributed by atoms with Gasteiger partial charge in [-0.2, -0.15) is 0 Å².